The molecule has 0 atom stereocenters. The molecule has 0 unspecified atom stereocenters. The number of nitrogens with one attached hydrogen (secondary N) is 3. The van der Waals surface area contributed by atoms with Crippen molar-refractivity contribution in [1.29, 1.82) is 0 Å². The van der Waals surface area contributed by atoms with Gasteiger partial charge in [0.1, 0.15) is 17.0 Å². The molecule has 0 saturated carbocycles. The molecule has 1 aromatic carbocycles. The fraction of sp³-hybridized carbons (Fsp3) is 0.167. The number of pyridine rings is 2. The predicted octanol–water partition coefficient (Wildman–Crippen LogP) is 4.39. The summed E-state index contributed by atoms with van der Waals surface area (Å²) in [6.45, 7) is 3.69. The van der Waals surface area contributed by atoms with Crippen molar-refractivity contribution in [2.75, 3.05) is 13.1 Å². The summed E-state index contributed by atoms with van der Waals surface area (Å²) in [4.78, 5) is 17.2. The van der Waals surface area contributed by atoms with E-state index in [9.17, 15) is 4.39 Å². The minimum atomic E-state index is -0.293. The van der Waals surface area contributed by atoms with Crippen LogP contribution in [0.4, 0.5) is 4.39 Å². The van der Waals surface area contributed by atoms with Gasteiger partial charge >= 0.3 is 0 Å². The van der Waals surface area contributed by atoms with Crippen LogP contribution in [-0.4, -0.2) is 43.2 Å². The van der Waals surface area contributed by atoms with Crippen LogP contribution < -0.4 is 5.32 Å². The second-order valence-electron chi connectivity index (χ2n) is 8.03. The molecule has 32 heavy (non-hydrogen) atoms. The van der Waals surface area contributed by atoms with Crippen molar-refractivity contribution in [1.82, 2.24) is 35.5 Å². The Kier molecular flexibility index (Phi) is 4.32. The summed E-state index contributed by atoms with van der Waals surface area (Å²) in [5.41, 5.74) is 7.42. The fourth-order valence-corrected chi connectivity index (χ4v) is 4.28. The number of fused-ring (bicyclic) bond motifs is 2. The Morgan fingerprint density at radius 2 is 1.97 bits per heavy atom. The quantitative estimate of drug-likeness (QED) is 0.399. The number of hydrogen-bond acceptors (Lipinski definition) is 5. The molecule has 5 aromatic rings. The van der Waals surface area contributed by atoms with Crippen LogP contribution in [0.5, 0.6) is 0 Å². The fourth-order valence-electron chi connectivity index (χ4n) is 4.28. The topological polar surface area (TPSA) is 95.2 Å². The van der Waals surface area contributed by atoms with Crippen LogP contribution in [-0.2, 0) is 0 Å². The molecule has 0 spiro atoms. The molecule has 3 N–H and O–H groups in total. The summed E-state index contributed by atoms with van der Waals surface area (Å²) < 4.78 is 14.0. The monoisotopic (exact) mass is 425 g/mol. The third kappa shape index (κ3) is 3.16. The van der Waals surface area contributed by atoms with E-state index in [1.807, 2.05) is 25.3 Å². The third-order valence-corrected chi connectivity index (χ3v) is 5.79. The van der Waals surface area contributed by atoms with Crippen LogP contribution in [0.3, 0.4) is 0 Å². The van der Waals surface area contributed by atoms with E-state index in [0.717, 1.165) is 41.5 Å². The van der Waals surface area contributed by atoms with Crippen LogP contribution >= 0.6 is 0 Å². The lowest BCUT2D eigenvalue weighted by Gasteiger charge is -2.13. The van der Waals surface area contributed by atoms with E-state index in [4.69, 9.17) is 4.98 Å². The first-order valence-electron chi connectivity index (χ1n) is 10.5. The molecule has 158 valence electrons. The zero-order chi connectivity index (χ0) is 21.7. The molecular formula is C24H20FN7. The second kappa shape index (κ2) is 7.35. The van der Waals surface area contributed by atoms with Crippen LogP contribution in [0.1, 0.15) is 17.5 Å². The van der Waals surface area contributed by atoms with Crippen molar-refractivity contribution in [3.63, 3.8) is 0 Å². The first-order valence-corrected chi connectivity index (χ1v) is 10.5. The molecule has 0 radical (unpaired) electrons. The van der Waals surface area contributed by atoms with Crippen LogP contribution in [0.25, 0.3) is 50.4 Å². The maximum atomic E-state index is 14.0. The Bertz CT molecular complexity index is 1490. The Morgan fingerprint density at radius 1 is 1.03 bits per heavy atom. The second-order valence-corrected chi connectivity index (χ2v) is 8.03. The molecule has 0 amide bonds. The molecule has 7 nitrogen and oxygen atoms in total. The highest BCUT2D eigenvalue weighted by Crippen LogP contribution is 2.31. The van der Waals surface area contributed by atoms with Gasteiger partial charge in [0.05, 0.1) is 16.6 Å². The number of benzene rings is 1. The van der Waals surface area contributed by atoms with Gasteiger partial charge in [0.25, 0.3) is 0 Å². The lowest BCUT2D eigenvalue weighted by Crippen LogP contribution is -2.20. The number of aromatic amines is 2. The van der Waals surface area contributed by atoms with Gasteiger partial charge in [-0.1, -0.05) is 6.08 Å². The average Bonchev–Trinajstić information content (AvgIpc) is 3.42. The lowest BCUT2D eigenvalue weighted by atomic mass is 10.0. The zero-order valence-electron chi connectivity index (χ0n) is 17.4. The molecule has 0 fully saturated rings. The Balaban J connectivity index is 1.49. The van der Waals surface area contributed by atoms with Gasteiger partial charge in [0.2, 0.25) is 0 Å². The van der Waals surface area contributed by atoms with Gasteiger partial charge in [-0.2, -0.15) is 5.10 Å². The summed E-state index contributed by atoms with van der Waals surface area (Å²) in [6, 6.07) is 8.86. The van der Waals surface area contributed by atoms with Crippen molar-refractivity contribution in [2.45, 2.75) is 13.3 Å². The number of rotatable bonds is 3. The van der Waals surface area contributed by atoms with E-state index in [1.165, 1.54) is 17.7 Å². The predicted molar refractivity (Wildman–Crippen MR) is 122 cm³/mol. The van der Waals surface area contributed by atoms with Crippen LogP contribution in [0.15, 0.2) is 48.8 Å². The van der Waals surface area contributed by atoms with Gasteiger partial charge in [0.15, 0.2) is 11.5 Å². The van der Waals surface area contributed by atoms with Gasteiger partial charge in [-0.05, 0) is 66.9 Å². The lowest BCUT2D eigenvalue weighted by molar-refractivity contribution is 0.627. The summed E-state index contributed by atoms with van der Waals surface area (Å²) >= 11 is 0. The van der Waals surface area contributed by atoms with Gasteiger partial charge < -0.3 is 10.3 Å². The average molecular weight is 425 g/mol. The number of imidazole rings is 1. The first-order chi connectivity index (χ1) is 15.7. The minimum Gasteiger partial charge on any atom is -0.336 e. The van der Waals surface area contributed by atoms with Crippen molar-refractivity contribution in [3.05, 3.63) is 65.7 Å². The van der Waals surface area contributed by atoms with Crippen molar-refractivity contribution in [2.24, 2.45) is 0 Å². The Labute approximate surface area is 182 Å². The van der Waals surface area contributed by atoms with E-state index < -0.39 is 0 Å². The highest BCUT2D eigenvalue weighted by molar-refractivity contribution is 5.95. The number of aromatic nitrogens is 6. The molecule has 0 aliphatic carbocycles. The van der Waals surface area contributed by atoms with Gasteiger partial charge in [-0.15, -0.1) is 0 Å². The maximum Gasteiger partial charge on any atom is 0.159 e. The van der Waals surface area contributed by atoms with E-state index in [-0.39, 0.29) is 5.82 Å². The highest BCUT2D eigenvalue weighted by Gasteiger charge is 2.18. The Morgan fingerprint density at radius 3 is 2.81 bits per heavy atom. The summed E-state index contributed by atoms with van der Waals surface area (Å²) in [5.74, 6) is 0.325. The minimum absolute atomic E-state index is 0.293. The molecule has 0 saturated heterocycles. The van der Waals surface area contributed by atoms with E-state index >= 15 is 0 Å². The number of hydrogen-bond donors (Lipinski definition) is 3. The molecule has 1 aliphatic rings. The summed E-state index contributed by atoms with van der Waals surface area (Å²) in [6.07, 6.45) is 6.75. The normalized spacial score (nSPS) is 14.2. The van der Waals surface area contributed by atoms with E-state index in [0.29, 0.717) is 33.9 Å². The Hall–Kier alpha value is -3.91. The SMILES string of the molecule is Cc1cc(F)cc(-c2nccc3[nH]c(-c4n[nH]c5ncc(C6=CCNCC6)cc45)nc23)c1. The number of H-pyrrole nitrogens is 2. The molecule has 4 aromatic heterocycles. The third-order valence-electron chi connectivity index (χ3n) is 5.79. The van der Waals surface area contributed by atoms with Crippen molar-refractivity contribution < 1.29 is 4.39 Å². The van der Waals surface area contributed by atoms with Crippen LogP contribution in [0.2, 0.25) is 0 Å². The standard InChI is InChI=1S/C24H20FN7/c1-13-8-15(10-17(25)9-13)20-22-19(4-7-27-20)29-24(30-22)21-18-11-16(12-28-23(18)32-31-21)14-2-5-26-6-3-14/h2,4,7-12,26H,3,5-6H2,1H3,(H,29,30)(H,28,31,32). The molecule has 1 aliphatic heterocycles. The zero-order valence-corrected chi connectivity index (χ0v) is 17.4. The molecule has 5 heterocycles. The number of nitrogens with zero attached hydrogens (tertiary/aromatic N) is 4. The van der Waals surface area contributed by atoms with Crippen LogP contribution in [0, 0.1) is 12.7 Å². The van der Waals surface area contributed by atoms with Gasteiger partial charge in [-0.25, -0.2) is 14.4 Å². The van der Waals surface area contributed by atoms with E-state index in [1.54, 1.807) is 6.20 Å². The maximum absolute atomic E-state index is 14.0. The van der Waals surface area contributed by atoms with Gasteiger partial charge in [0, 0.05) is 24.5 Å². The first kappa shape index (κ1) is 18.8. The van der Waals surface area contributed by atoms with Gasteiger partial charge in [-0.3, -0.25) is 10.1 Å². The number of aryl methyl sites for hydroxylation is 1. The molecular weight excluding hydrogens is 405 g/mol. The number of halogens is 1. The smallest absolute Gasteiger partial charge is 0.159 e. The molecule has 0 bridgehead atoms. The van der Waals surface area contributed by atoms with E-state index in [2.05, 4.69) is 42.6 Å². The summed E-state index contributed by atoms with van der Waals surface area (Å²) in [5, 5.41) is 11.7. The largest absolute Gasteiger partial charge is 0.336 e. The van der Waals surface area contributed by atoms with Crippen molar-refractivity contribution in [3.8, 4) is 22.8 Å². The van der Waals surface area contributed by atoms with Crippen molar-refractivity contribution >= 4 is 27.6 Å². The summed E-state index contributed by atoms with van der Waals surface area (Å²) in [7, 11) is 0. The molecule has 8 heteroatoms. The molecule has 6 rings (SSSR count). The highest BCUT2D eigenvalue weighted by atomic mass is 19.1.